The average Bonchev–Trinajstić information content (AvgIpc) is 2.45. The molecular formula is C18H21NO. The van der Waals surface area contributed by atoms with Gasteiger partial charge in [0.25, 0.3) is 0 Å². The van der Waals surface area contributed by atoms with E-state index < -0.39 is 0 Å². The number of methoxy groups -OCH3 is 1. The summed E-state index contributed by atoms with van der Waals surface area (Å²) >= 11 is 0. The zero-order valence-electron chi connectivity index (χ0n) is 12.4. The predicted molar refractivity (Wildman–Crippen MR) is 82.4 cm³/mol. The first-order valence-electron chi connectivity index (χ1n) is 7.09. The minimum absolute atomic E-state index is 0.453. The molecule has 0 N–H and O–H groups in total. The summed E-state index contributed by atoms with van der Waals surface area (Å²) in [6.07, 6.45) is 0. The zero-order chi connectivity index (χ0) is 14.1. The van der Waals surface area contributed by atoms with E-state index in [0.717, 1.165) is 18.8 Å². The summed E-state index contributed by atoms with van der Waals surface area (Å²) in [7, 11) is 3.91. The third-order valence-electron chi connectivity index (χ3n) is 4.10. The second kappa shape index (κ2) is 5.29. The lowest BCUT2D eigenvalue weighted by Gasteiger charge is -2.33. The Hall–Kier alpha value is -1.80. The van der Waals surface area contributed by atoms with Crippen molar-refractivity contribution in [3.63, 3.8) is 0 Å². The summed E-state index contributed by atoms with van der Waals surface area (Å²) in [5, 5.41) is 0. The third-order valence-corrected chi connectivity index (χ3v) is 4.10. The molecule has 2 heteroatoms. The second-order valence-corrected chi connectivity index (χ2v) is 5.73. The van der Waals surface area contributed by atoms with Crippen LogP contribution >= 0.6 is 0 Å². The van der Waals surface area contributed by atoms with Crippen LogP contribution in [0.2, 0.25) is 0 Å². The fourth-order valence-corrected chi connectivity index (χ4v) is 3.12. The van der Waals surface area contributed by atoms with E-state index in [-0.39, 0.29) is 0 Å². The van der Waals surface area contributed by atoms with Crippen LogP contribution in [0.3, 0.4) is 0 Å². The Balaban J connectivity index is 2.06. The molecule has 20 heavy (non-hydrogen) atoms. The van der Waals surface area contributed by atoms with Crippen molar-refractivity contribution in [1.29, 1.82) is 0 Å². The fraction of sp³-hybridized carbons (Fsp3) is 0.333. The van der Waals surface area contributed by atoms with Crippen LogP contribution in [-0.4, -0.2) is 25.6 Å². The number of ether oxygens (including phenoxy) is 1. The van der Waals surface area contributed by atoms with Gasteiger partial charge in [0.1, 0.15) is 5.75 Å². The molecule has 1 heterocycles. The predicted octanol–water partition coefficient (Wildman–Crippen LogP) is 3.58. The molecule has 0 saturated heterocycles. The highest BCUT2D eigenvalue weighted by molar-refractivity contribution is 5.44. The number of fused-ring (bicyclic) bond motifs is 1. The minimum atomic E-state index is 0.453. The fourth-order valence-electron chi connectivity index (χ4n) is 3.12. The normalized spacial score (nSPS) is 18.6. The lowest BCUT2D eigenvalue weighted by Crippen LogP contribution is -2.31. The summed E-state index contributed by atoms with van der Waals surface area (Å²) in [4.78, 5) is 2.38. The Morgan fingerprint density at radius 1 is 1.15 bits per heavy atom. The summed E-state index contributed by atoms with van der Waals surface area (Å²) < 4.78 is 5.36. The Labute approximate surface area is 121 Å². The van der Waals surface area contributed by atoms with E-state index in [9.17, 15) is 0 Å². The number of benzene rings is 2. The van der Waals surface area contributed by atoms with Gasteiger partial charge in [-0.3, -0.25) is 0 Å². The molecule has 0 aliphatic carbocycles. The molecule has 0 bridgehead atoms. The number of rotatable bonds is 2. The van der Waals surface area contributed by atoms with E-state index in [2.05, 4.69) is 61.3 Å². The molecule has 2 aromatic rings. The molecule has 0 aromatic heterocycles. The molecular weight excluding hydrogens is 246 g/mol. The molecule has 0 radical (unpaired) electrons. The van der Waals surface area contributed by atoms with Crippen LogP contribution in [0.5, 0.6) is 5.75 Å². The van der Waals surface area contributed by atoms with Crippen molar-refractivity contribution in [3.05, 3.63) is 64.7 Å². The van der Waals surface area contributed by atoms with Gasteiger partial charge in [0, 0.05) is 19.0 Å². The van der Waals surface area contributed by atoms with E-state index in [1.54, 1.807) is 7.11 Å². The molecule has 3 rings (SSSR count). The highest BCUT2D eigenvalue weighted by Gasteiger charge is 2.25. The Morgan fingerprint density at radius 3 is 2.75 bits per heavy atom. The van der Waals surface area contributed by atoms with Crippen molar-refractivity contribution >= 4 is 0 Å². The topological polar surface area (TPSA) is 12.5 Å². The summed E-state index contributed by atoms with van der Waals surface area (Å²) in [5.74, 6) is 1.40. The van der Waals surface area contributed by atoms with Gasteiger partial charge in [-0.25, -0.2) is 0 Å². The van der Waals surface area contributed by atoms with Crippen molar-refractivity contribution < 1.29 is 4.74 Å². The van der Waals surface area contributed by atoms with Crippen molar-refractivity contribution in [3.8, 4) is 5.75 Å². The molecule has 1 aliphatic heterocycles. The molecule has 0 fully saturated rings. The van der Waals surface area contributed by atoms with Crippen LogP contribution in [0, 0.1) is 6.92 Å². The van der Waals surface area contributed by atoms with Crippen molar-refractivity contribution in [2.75, 3.05) is 20.7 Å². The molecule has 0 amide bonds. The highest BCUT2D eigenvalue weighted by atomic mass is 16.5. The second-order valence-electron chi connectivity index (χ2n) is 5.73. The average molecular weight is 267 g/mol. The number of nitrogens with zero attached hydrogens (tertiary/aromatic N) is 1. The van der Waals surface area contributed by atoms with Crippen LogP contribution in [-0.2, 0) is 6.54 Å². The summed E-state index contributed by atoms with van der Waals surface area (Å²) in [6.45, 7) is 4.22. The monoisotopic (exact) mass is 267 g/mol. The third kappa shape index (κ3) is 2.44. The maximum Gasteiger partial charge on any atom is 0.119 e. The van der Waals surface area contributed by atoms with Crippen molar-refractivity contribution in [2.45, 2.75) is 19.4 Å². The van der Waals surface area contributed by atoms with E-state index in [0.29, 0.717) is 5.92 Å². The lowest BCUT2D eigenvalue weighted by atomic mass is 9.84. The smallest absolute Gasteiger partial charge is 0.119 e. The zero-order valence-corrected chi connectivity index (χ0v) is 12.4. The van der Waals surface area contributed by atoms with Gasteiger partial charge >= 0.3 is 0 Å². The summed E-state index contributed by atoms with van der Waals surface area (Å²) in [6, 6.07) is 15.3. The minimum Gasteiger partial charge on any atom is -0.497 e. The van der Waals surface area contributed by atoms with Gasteiger partial charge in [-0.15, -0.1) is 0 Å². The summed E-state index contributed by atoms with van der Waals surface area (Å²) in [5.41, 5.74) is 5.55. The quantitative estimate of drug-likeness (QED) is 0.824. The van der Waals surface area contributed by atoms with Crippen molar-refractivity contribution in [2.24, 2.45) is 0 Å². The van der Waals surface area contributed by atoms with Crippen LogP contribution in [0.4, 0.5) is 0 Å². The van der Waals surface area contributed by atoms with Gasteiger partial charge in [0.15, 0.2) is 0 Å². The Bertz CT molecular complexity index is 621. The van der Waals surface area contributed by atoms with Crippen LogP contribution < -0.4 is 4.74 Å². The first-order valence-corrected chi connectivity index (χ1v) is 7.09. The number of hydrogen-bond acceptors (Lipinski definition) is 2. The molecule has 0 saturated carbocycles. The van der Waals surface area contributed by atoms with Gasteiger partial charge in [0.05, 0.1) is 7.11 Å². The maximum absolute atomic E-state index is 5.36. The van der Waals surface area contributed by atoms with Gasteiger partial charge in [-0.2, -0.15) is 0 Å². The number of likely N-dealkylation sites (N-methyl/N-ethyl adjacent to an activating group) is 1. The molecule has 1 atom stereocenters. The molecule has 2 nitrogen and oxygen atoms in total. The van der Waals surface area contributed by atoms with Gasteiger partial charge < -0.3 is 9.64 Å². The van der Waals surface area contributed by atoms with Gasteiger partial charge in [0.2, 0.25) is 0 Å². The van der Waals surface area contributed by atoms with E-state index >= 15 is 0 Å². The van der Waals surface area contributed by atoms with Crippen LogP contribution in [0.25, 0.3) is 0 Å². The molecule has 0 spiro atoms. The first-order chi connectivity index (χ1) is 9.67. The van der Waals surface area contributed by atoms with Crippen LogP contribution in [0.1, 0.15) is 28.2 Å². The lowest BCUT2D eigenvalue weighted by molar-refractivity contribution is 0.294. The van der Waals surface area contributed by atoms with Gasteiger partial charge in [-0.1, -0.05) is 35.9 Å². The highest BCUT2D eigenvalue weighted by Crippen LogP contribution is 2.35. The van der Waals surface area contributed by atoms with Crippen LogP contribution in [0.15, 0.2) is 42.5 Å². The van der Waals surface area contributed by atoms with Gasteiger partial charge in [-0.05, 0) is 42.8 Å². The largest absolute Gasteiger partial charge is 0.497 e. The molecule has 0 unspecified atom stereocenters. The maximum atomic E-state index is 5.36. The molecule has 2 aromatic carbocycles. The Morgan fingerprint density at radius 2 is 2.00 bits per heavy atom. The first kappa shape index (κ1) is 13.2. The SMILES string of the molecule is COc1ccc2c(c1)CN(C)C[C@@H]2c1cccc(C)c1. The Kier molecular flexibility index (Phi) is 3.49. The van der Waals surface area contributed by atoms with E-state index in [1.807, 2.05) is 0 Å². The number of hydrogen-bond donors (Lipinski definition) is 0. The van der Waals surface area contributed by atoms with Crippen molar-refractivity contribution in [1.82, 2.24) is 4.90 Å². The standard InChI is InChI=1S/C18H21NO/c1-13-5-4-6-14(9-13)18-12-19(2)11-15-10-16(20-3)7-8-17(15)18/h4-10,18H,11-12H2,1-3H3/t18-/m1/s1. The number of aryl methyl sites for hydroxylation is 1. The molecule has 104 valence electrons. The van der Waals surface area contributed by atoms with E-state index in [4.69, 9.17) is 4.74 Å². The van der Waals surface area contributed by atoms with E-state index in [1.165, 1.54) is 22.3 Å². The molecule has 1 aliphatic rings.